The van der Waals surface area contributed by atoms with Gasteiger partial charge in [-0.2, -0.15) is 0 Å². The molecule has 5 nitrogen and oxygen atoms in total. The Bertz CT molecular complexity index is 495. The summed E-state index contributed by atoms with van der Waals surface area (Å²) in [4.78, 5) is 25.7. The molecule has 1 aromatic rings. The first-order chi connectivity index (χ1) is 8.61. The van der Waals surface area contributed by atoms with Gasteiger partial charge >= 0.3 is 0 Å². The lowest BCUT2D eigenvalue weighted by atomic mass is 9.91. The van der Waals surface area contributed by atoms with E-state index in [1.54, 1.807) is 13.1 Å². The number of carbonyl (C=O) groups is 1. The zero-order chi connectivity index (χ0) is 13.1. The van der Waals surface area contributed by atoms with Gasteiger partial charge in [-0.25, -0.2) is 0 Å². The normalized spacial score (nSPS) is 20.0. The van der Waals surface area contributed by atoms with Crippen LogP contribution >= 0.6 is 0 Å². The summed E-state index contributed by atoms with van der Waals surface area (Å²) in [5.41, 5.74) is 2.04. The van der Waals surface area contributed by atoms with Crippen molar-refractivity contribution >= 4 is 5.91 Å². The van der Waals surface area contributed by atoms with Crippen molar-refractivity contribution in [2.75, 3.05) is 7.05 Å². The summed E-state index contributed by atoms with van der Waals surface area (Å²) >= 11 is 0. The maximum Gasteiger partial charge on any atom is 0.248 e. The van der Waals surface area contributed by atoms with Crippen LogP contribution < -0.4 is 16.2 Å². The lowest BCUT2D eigenvalue weighted by Crippen LogP contribution is -2.43. The summed E-state index contributed by atoms with van der Waals surface area (Å²) in [6.07, 6.45) is 2.91. The van der Waals surface area contributed by atoms with E-state index in [0.717, 1.165) is 30.5 Å². The van der Waals surface area contributed by atoms with E-state index in [9.17, 15) is 9.59 Å². The smallest absolute Gasteiger partial charge is 0.248 e. The molecule has 0 saturated heterocycles. The first-order valence-corrected chi connectivity index (χ1v) is 6.31. The van der Waals surface area contributed by atoms with Crippen LogP contribution in [-0.4, -0.2) is 24.0 Å². The Morgan fingerprint density at radius 3 is 3.00 bits per heavy atom. The van der Waals surface area contributed by atoms with Gasteiger partial charge in [0.1, 0.15) is 0 Å². The second-order valence-electron chi connectivity index (χ2n) is 4.70. The largest absolute Gasteiger partial charge is 0.358 e. The minimum Gasteiger partial charge on any atom is -0.358 e. The van der Waals surface area contributed by atoms with Crippen LogP contribution in [0.15, 0.2) is 16.9 Å². The Morgan fingerprint density at radius 1 is 1.50 bits per heavy atom. The quantitative estimate of drug-likeness (QED) is 0.729. The highest BCUT2D eigenvalue weighted by atomic mass is 16.2. The van der Waals surface area contributed by atoms with Crippen molar-refractivity contribution in [3.05, 3.63) is 33.7 Å². The molecule has 1 amide bonds. The monoisotopic (exact) mass is 249 g/mol. The number of rotatable bonds is 3. The number of H-pyrrole nitrogens is 1. The topological polar surface area (TPSA) is 74.0 Å². The molecule has 1 aromatic heterocycles. The van der Waals surface area contributed by atoms with Crippen molar-refractivity contribution < 1.29 is 4.79 Å². The van der Waals surface area contributed by atoms with Gasteiger partial charge < -0.3 is 10.3 Å². The van der Waals surface area contributed by atoms with Gasteiger partial charge in [0, 0.05) is 24.8 Å². The van der Waals surface area contributed by atoms with E-state index in [2.05, 4.69) is 15.6 Å². The number of aromatic amines is 1. The Labute approximate surface area is 106 Å². The van der Waals surface area contributed by atoms with Gasteiger partial charge in [-0.05, 0) is 31.7 Å². The molecule has 98 valence electrons. The van der Waals surface area contributed by atoms with E-state index in [0.29, 0.717) is 0 Å². The Balaban J connectivity index is 2.17. The van der Waals surface area contributed by atoms with E-state index in [-0.39, 0.29) is 23.6 Å². The molecule has 0 radical (unpaired) electrons. The number of aromatic nitrogens is 1. The van der Waals surface area contributed by atoms with Gasteiger partial charge in [-0.1, -0.05) is 6.07 Å². The molecule has 1 aliphatic rings. The number of pyridine rings is 1. The highest BCUT2D eigenvalue weighted by Crippen LogP contribution is 2.27. The number of hydrogen-bond donors (Lipinski definition) is 3. The molecule has 3 N–H and O–H groups in total. The van der Waals surface area contributed by atoms with Crippen LogP contribution in [0.25, 0.3) is 0 Å². The molecule has 5 heteroatoms. The van der Waals surface area contributed by atoms with Crippen LogP contribution in [-0.2, 0) is 11.2 Å². The third-order valence-corrected chi connectivity index (χ3v) is 3.42. The Hall–Kier alpha value is -1.62. The average Bonchev–Trinajstić information content (AvgIpc) is 2.37. The third-order valence-electron chi connectivity index (χ3n) is 3.42. The average molecular weight is 249 g/mol. The van der Waals surface area contributed by atoms with Crippen molar-refractivity contribution in [2.45, 2.75) is 38.3 Å². The number of likely N-dealkylation sites (N-methyl/N-ethyl adjacent to an activating group) is 1. The SMILES string of the molecule is CNC(=O)C(C)NC1CCCc2[nH]c(=O)ccc21. The van der Waals surface area contributed by atoms with Gasteiger partial charge in [0.15, 0.2) is 0 Å². The van der Waals surface area contributed by atoms with E-state index >= 15 is 0 Å². The van der Waals surface area contributed by atoms with Gasteiger partial charge in [-0.15, -0.1) is 0 Å². The first kappa shape index (κ1) is 12.8. The molecule has 0 aromatic carbocycles. The van der Waals surface area contributed by atoms with E-state index in [1.807, 2.05) is 13.0 Å². The summed E-state index contributed by atoms with van der Waals surface area (Å²) in [6.45, 7) is 1.85. The highest BCUT2D eigenvalue weighted by Gasteiger charge is 2.23. The van der Waals surface area contributed by atoms with Crippen molar-refractivity contribution in [2.24, 2.45) is 0 Å². The molecular weight excluding hydrogens is 230 g/mol. The van der Waals surface area contributed by atoms with Crippen molar-refractivity contribution in [1.29, 1.82) is 0 Å². The predicted octanol–water partition coefficient (Wildman–Crippen LogP) is 0.476. The van der Waals surface area contributed by atoms with Crippen LogP contribution in [0.4, 0.5) is 0 Å². The van der Waals surface area contributed by atoms with Gasteiger partial charge in [-0.3, -0.25) is 14.9 Å². The molecule has 0 saturated carbocycles. The second kappa shape index (κ2) is 5.35. The molecule has 2 rings (SSSR count). The number of nitrogens with one attached hydrogen (secondary N) is 3. The number of hydrogen-bond acceptors (Lipinski definition) is 3. The molecule has 1 heterocycles. The molecule has 1 aliphatic carbocycles. The fraction of sp³-hybridized carbons (Fsp3) is 0.538. The summed E-state index contributed by atoms with van der Waals surface area (Å²) in [5, 5.41) is 5.94. The van der Waals surface area contributed by atoms with Crippen LogP contribution in [0, 0.1) is 0 Å². The fourth-order valence-electron chi connectivity index (χ4n) is 2.47. The van der Waals surface area contributed by atoms with Crippen LogP contribution in [0.1, 0.15) is 37.1 Å². The minimum atomic E-state index is -0.238. The molecule has 2 atom stereocenters. The van der Waals surface area contributed by atoms with Gasteiger partial charge in [0.2, 0.25) is 11.5 Å². The second-order valence-corrected chi connectivity index (χ2v) is 4.70. The summed E-state index contributed by atoms with van der Waals surface area (Å²) in [7, 11) is 1.63. The molecule has 0 spiro atoms. The fourth-order valence-corrected chi connectivity index (χ4v) is 2.47. The van der Waals surface area contributed by atoms with E-state index in [1.165, 1.54) is 0 Å². The lowest BCUT2D eigenvalue weighted by molar-refractivity contribution is -0.122. The summed E-state index contributed by atoms with van der Waals surface area (Å²) in [6, 6.07) is 3.31. The molecular formula is C13H19N3O2. The standard InChI is InChI=1S/C13H19N3O2/c1-8(13(18)14-2)15-10-4-3-5-11-9(10)6-7-12(17)16-11/h6-8,10,15H,3-5H2,1-2H3,(H,14,18)(H,16,17). The Kier molecular flexibility index (Phi) is 3.81. The molecule has 0 aliphatic heterocycles. The van der Waals surface area contributed by atoms with Gasteiger partial charge in [0.05, 0.1) is 6.04 Å². The van der Waals surface area contributed by atoms with E-state index in [4.69, 9.17) is 0 Å². The zero-order valence-corrected chi connectivity index (χ0v) is 10.7. The first-order valence-electron chi connectivity index (χ1n) is 6.31. The maximum absolute atomic E-state index is 11.5. The van der Waals surface area contributed by atoms with E-state index < -0.39 is 0 Å². The molecule has 2 unspecified atom stereocenters. The highest BCUT2D eigenvalue weighted by molar-refractivity contribution is 5.81. The number of fused-ring (bicyclic) bond motifs is 1. The zero-order valence-electron chi connectivity index (χ0n) is 10.7. The minimum absolute atomic E-state index is 0.0217. The molecule has 18 heavy (non-hydrogen) atoms. The van der Waals surface area contributed by atoms with Crippen LogP contribution in [0.2, 0.25) is 0 Å². The van der Waals surface area contributed by atoms with Crippen LogP contribution in [0.5, 0.6) is 0 Å². The number of aryl methyl sites for hydroxylation is 1. The Morgan fingerprint density at radius 2 is 2.28 bits per heavy atom. The van der Waals surface area contributed by atoms with Crippen LogP contribution in [0.3, 0.4) is 0 Å². The third kappa shape index (κ3) is 2.61. The van der Waals surface area contributed by atoms with Crippen molar-refractivity contribution in [3.8, 4) is 0 Å². The number of carbonyl (C=O) groups excluding carboxylic acids is 1. The van der Waals surface area contributed by atoms with Crippen molar-refractivity contribution in [3.63, 3.8) is 0 Å². The molecule has 0 fully saturated rings. The predicted molar refractivity (Wildman–Crippen MR) is 69.4 cm³/mol. The summed E-state index contributed by atoms with van der Waals surface area (Å²) < 4.78 is 0. The van der Waals surface area contributed by atoms with Gasteiger partial charge in [0.25, 0.3) is 0 Å². The van der Waals surface area contributed by atoms with Crippen molar-refractivity contribution in [1.82, 2.24) is 15.6 Å². The summed E-state index contributed by atoms with van der Waals surface area (Å²) in [5.74, 6) is -0.0217. The number of amides is 1. The maximum atomic E-state index is 11.5. The lowest BCUT2D eigenvalue weighted by Gasteiger charge is -2.28. The molecule has 0 bridgehead atoms.